The van der Waals surface area contributed by atoms with Gasteiger partial charge < -0.3 is 10.5 Å². The van der Waals surface area contributed by atoms with Crippen LogP contribution in [0, 0.1) is 6.92 Å². The van der Waals surface area contributed by atoms with Crippen molar-refractivity contribution in [3.05, 3.63) is 30.0 Å². The third-order valence-electron chi connectivity index (χ3n) is 2.65. The number of nitrogens with zero attached hydrogens (tertiary/aromatic N) is 2. The topological polar surface area (TPSA) is 53.1 Å². The van der Waals surface area contributed by atoms with E-state index in [1.54, 1.807) is 18.0 Å². The molecular formula is C12H15N3O. The molecule has 2 N–H and O–H groups in total. The standard InChI is InChI=1S/C12H15N3O/c1-8-4-5-9(6-11(8)16-3)12-10(13)7-14-15(12)2/h4-7H,13H2,1-3H3. The molecule has 0 amide bonds. The summed E-state index contributed by atoms with van der Waals surface area (Å²) in [5.74, 6) is 0.859. The van der Waals surface area contributed by atoms with Crippen LogP contribution in [-0.2, 0) is 7.05 Å². The molecule has 4 heteroatoms. The van der Waals surface area contributed by atoms with Gasteiger partial charge in [0.2, 0.25) is 0 Å². The second kappa shape index (κ2) is 3.89. The Morgan fingerprint density at radius 2 is 2.12 bits per heavy atom. The van der Waals surface area contributed by atoms with Crippen LogP contribution in [-0.4, -0.2) is 16.9 Å². The summed E-state index contributed by atoms with van der Waals surface area (Å²) in [5.41, 5.74) is 9.59. The van der Waals surface area contributed by atoms with Crippen LogP contribution in [0.25, 0.3) is 11.3 Å². The fourth-order valence-corrected chi connectivity index (χ4v) is 1.78. The third kappa shape index (κ3) is 1.62. The van der Waals surface area contributed by atoms with E-state index in [0.717, 1.165) is 22.6 Å². The average molecular weight is 217 g/mol. The van der Waals surface area contributed by atoms with Crippen LogP contribution in [0.15, 0.2) is 24.4 Å². The Labute approximate surface area is 94.6 Å². The number of ether oxygens (including phenoxy) is 1. The van der Waals surface area contributed by atoms with Crippen LogP contribution >= 0.6 is 0 Å². The van der Waals surface area contributed by atoms with E-state index < -0.39 is 0 Å². The fourth-order valence-electron chi connectivity index (χ4n) is 1.78. The molecule has 0 atom stereocenters. The van der Waals surface area contributed by atoms with Gasteiger partial charge in [0.05, 0.1) is 24.7 Å². The normalized spacial score (nSPS) is 10.4. The van der Waals surface area contributed by atoms with Gasteiger partial charge in [0.1, 0.15) is 5.75 Å². The zero-order valence-electron chi connectivity index (χ0n) is 9.69. The number of methoxy groups -OCH3 is 1. The van der Waals surface area contributed by atoms with Crippen molar-refractivity contribution in [2.24, 2.45) is 7.05 Å². The number of hydrogen-bond donors (Lipinski definition) is 1. The first-order chi connectivity index (χ1) is 7.63. The van der Waals surface area contributed by atoms with Crippen LogP contribution in [0.5, 0.6) is 5.75 Å². The van der Waals surface area contributed by atoms with Crippen LogP contribution in [0.2, 0.25) is 0 Å². The van der Waals surface area contributed by atoms with E-state index in [2.05, 4.69) is 5.10 Å². The first-order valence-corrected chi connectivity index (χ1v) is 5.06. The summed E-state index contributed by atoms with van der Waals surface area (Å²) in [7, 11) is 3.54. The SMILES string of the molecule is COc1cc(-c2c(N)cnn2C)ccc1C. The first kappa shape index (κ1) is 10.5. The maximum atomic E-state index is 5.88. The van der Waals surface area contributed by atoms with Crippen LogP contribution < -0.4 is 10.5 Å². The van der Waals surface area contributed by atoms with Crippen molar-refractivity contribution in [2.75, 3.05) is 12.8 Å². The van der Waals surface area contributed by atoms with E-state index in [1.807, 2.05) is 32.2 Å². The van der Waals surface area contributed by atoms with E-state index >= 15 is 0 Å². The number of anilines is 1. The van der Waals surface area contributed by atoms with Crippen molar-refractivity contribution in [3.63, 3.8) is 0 Å². The molecule has 0 aliphatic heterocycles. The molecule has 0 saturated carbocycles. The highest BCUT2D eigenvalue weighted by Gasteiger charge is 2.09. The second-order valence-electron chi connectivity index (χ2n) is 3.76. The Hall–Kier alpha value is -1.97. The lowest BCUT2D eigenvalue weighted by Gasteiger charge is -2.08. The fraction of sp³-hybridized carbons (Fsp3) is 0.250. The predicted molar refractivity (Wildman–Crippen MR) is 64.3 cm³/mol. The van der Waals surface area contributed by atoms with Crippen molar-refractivity contribution in [1.29, 1.82) is 0 Å². The van der Waals surface area contributed by atoms with E-state index in [4.69, 9.17) is 10.5 Å². The maximum absolute atomic E-state index is 5.88. The highest BCUT2D eigenvalue weighted by Crippen LogP contribution is 2.29. The van der Waals surface area contributed by atoms with Gasteiger partial charge in [-0.25, -0.2) is 0 Å². The molecule has 1 aromatic heterocycles. The molecule has 0 bridgehead atoms. The van der Waals surface area contributed by atoms with Crippen molar-refractivity contribution < 1.29 is 4.74 Å². The highest BCUT2D eigenvalue weighted by atomic mass is 16.5. The van der Waals surface area contributed by atoms with Crippen molar-refractivity contribution in [1.82, 2.24) is 9.78 Å². The number of nitrogen functional groups attached to an aromatic ring is 1. The zero-order chi connectivity index (χ0) is 11.7. The van der Waals surface area contributed by atoms with E-state index in [1.165, 1.54) is 0 Å². The smallest absolute Gasteiger partial charge is 0.122 e. The Morgan fingerprint density at radius 3 is 2.69 bits per heavy atom. The van der Waals surface area contributed by atoms with Gasteiger partial charge in [0.15, 0.2) is 0 Å². The Morgan fingerprint density at radius 1 is 1.38 bits per heavy atom. The van der Waals surface area contributed by atoms with E-state index in [0.29, 0.717) is 5.69 Å². The lowest BCUT2D eigenvalue weighted by atomic mass is 10.1. The van der Waals surface area contributed by atoms with Gasteiger partial charge in [-0.3, -0.25) is 4.68 Å². The Kier molecular flexibility index (Phi) is 2.56. The van der Waals surface area contributed by atoms with Gasteiger partial charge >= 0.3 is 0 Å². The lowest BCUT2D eigenvalue weighted by molar-refractivity contribution is 0.412. The summed E-state index contributed by atoms with van der Waals surface area (Å²) in [6, 6.07) is 6.01. The number of aromatic nitrogens is 2. The number of nitrogens with two attached hydrogens (primary N) is 1. The van der Waals surface area contributed by atoms with Crippen molar-refractivity contribution in [3.8, 4) is 17.0 Å². The molecule has 0 saturated heterocycles. The molecule has 2 aromatic rings. The van der Waals surface area contributed by atoms with Gasteiger partial charge in [-0.1, -0.05) is 12.1 Å². The molecule has 0 fully saturated rings. The highest BCUT2D eigenvalue weighted by molar-refractivity contribution is 5.73. The van der Waals surface area contributed by atoms with Gasteiger partial charge in [-0.05, 0) is 18.6 Å². The number of rotatable bonds is 2. The second-order valence-corrected chi connectivity index (χ2v) is 3.76. The maximum Gasteiger partial charge on any atom is 0.122 e. The predicted octanol–water partition coefficient (Wildman–Crippen LogP) is 1.99. The van der Waals surface area contributed by atoms with Gasteiger partial charge in [-0.15, -0.1) is 0 Å². The van der Waals surface area contributed by atoms with E-state index in [9.17, 15) is 0 Å². The van der Waals surface area contributed by atoms with Crippen LogP contribution in [0.1, 0.15) is 5.56 Å². The van der Waals surface area contributed by atoms with Crippen molar-refractivity contribution >= 4 is 5.69 Å². The molecule has 0 aliphatic carbocycles. The van der Waals surface area contributed by atoms with Crippen LogP contribution in [0.3, 0.4) is 0 Å². The minimum Gasteiger partial charge on any atom is -0.496 e. The molecule has 4 nitrogen and oxygen atoms in total. The summed E-state index contributed by atoms with van der Waals surface area (Å²) >= 11 is 0. The third-order valence-corrected chi connectivity index (χ3v) is 2.65. The molecule has 0 spiro atoms. The Bertz CT molecular complexity index is 497. The summed E-state index contributed by atoms with van der Waals surface area (Å²) in [4.78, 5) is 0. The minimum atomic E-state index is 0.674. The molecule has 2 rings (SSSR count). The summed E-state index contributed by atoms with van der Waals surface area (Å²) in [5, 5.41) is 4.12. The average Bonchev–Trinajstić information content (AvgIpc) is 2.60. The van der Waals surface area contributed by atoms with Gasteiger partial charge in [0, 0.05) is 12.6 Å². The number of benzene rings is 1. The lowest BCUT2D eigenvalue weighted by Crippen LogP contribution is -1.97. The minimum absolute atomic E-state index is 0.674. The molecule has 0 radical (unpaired) electrons. The number of hydrogen-bond acceptors (Lipinski definition) is 3. The molecular weight excluding hydrogens is 202 g/mol. The molecule has 16 heavy (non-hydrogen) atoms. The monoisotopic (exact) mass is 217 g/mol. The molecule has 0 aliphatic rings. The van der Waals surface area contributed by atoms with Gasteiger partial charge in [0.25, 0.3) is 0 Å². The summed E-state index contributed by atoms with van der Waals surface area (Å²) in [6.45, 7) is 2.01. The summed E-state index contributed by atoms with van der Waals surface area (Å²) in [6.07, 6.45) is 1.65. The quantitative estimate of drug-likeness (QED) is 0.836. The molecule has 84 valence electrons. The molecule has 1 aromatic carbocycles. The first-order valence-electron chi connectivity index (χ1n) is 5.06. The van der Waals surface area contributed by atoms with Crippen molar-refractivity contribution in [2.45, 2.75) is 6.92 Å². The number of aryl methyl sites for hydroxylation is 2. The molecule has 1 heterocycles. The van der Waals surface area contributed by atoms with Crippen LogP contribution in [0.4, 0.5) is 5.69 Å². The van der Waals surface area contributed by atoms with Gasteiger partial charge in [-0.2, -0.15) is 5.10 Å². The Balaban J connectivity index is 2.57. The van der Waals surface area contributed by atoms with E-state index in [-0.39, 0.29) is 0 Å². The largest absolute Gasteiger partial charge is 0.496 e. The zero-order valence-corrected chi connectivity index (χ0v) is 9.69. The summed E-state index contributed by atoms with van der Waals surface area (Å²) < 4.78 is 7.06. The molecule has 0 unspecified atom stereocenters.